The molecule has 3 atom stereocenters. The standard InChI is InChI=1S/C22H29N3O2/c1-14-7-6-8-18(15(14)2)24-21(26)16-10-11-17-19(13-16)23-20-9-4-3-5-12-25(20)22(17)27/h10-11,13-15,18H,3-9,12H2,1-2H3,(H,24,26)/t14-,15-,18+/m1/s1. The van der Waals surface area contributed by atoms with Gasteiger partial charge in [0.2, 0.25) is 0 Å². The van der Waals surface area contributed by atoms with Gasteiger partial charge < -0.3 is 5.32 Å². The Labute approximate surface area is 160 Å². The minimum Gasteiger partial charge on any atom is -0.349 e. The molecular weight excluding hydrogens is 338 g/mol. The molecule has 2 heterocycles. The molecule has 1 amide bonds. The number of nitrogens with zero attached hydrogens (tertiary/aromatic N) is 2. The van der Waals surface area contributed by atoms with E-state index in [1.54, 1.807) is 18.2 Å². The van der Waals surface area contributed by atoms with Crippen LogP contribution in [0.25, 0.3) is 10.9 Å². The van der Waals surface area contributed by atoms with E-state index in [-0.39, 0.29) is 17.5 Å². The molecule has 1 saturated carbocycles. The van der Waals surface area contributed by atoms with Crippen LogP contribution in [0.5, 0.6) is 0 Å². The van der Waals surface area contributed by atoms with Gasteiger partial charge >= 0.3 is 0 Å². The van der Waals surface area contributed by atoms with Gasteiger partial charge in [0.15, 0.2) is 0 Å². The van der Waals surface area contributed by atoms with Gasteiger partial charge in [0.25, 0.3) is 11.5 Å². The van der Waals surface area contributed by atoms with Gasteiger partial charge in [-0.1, -0.05) is 33.1 Å². The van der Waals surface area contributed by atoms with Crippen molar-refractivity contribution in [3.05, 3.63) is 39.9 Å². The van der Waals surface area contributed by atoms with Crippen LogP contribution in [-0.2, 0) is 13.0 Å². The van der Waals surface area contributed by atoms with Crippen LogP contribution in [-0.4, -0.2) is 21.5 Å². The molecule has 1 aromatic carbocycles. The predicted octanol–water partition coefficient (Wildman–Crippen LogP) is 3.68. The number of amides is 1. The number of rotatable bonds is 2. The minimum absolute atomic E-state index is 0.0265. The maximum atomic E-state index is 12.8. The van der Waals surface area contributed by atoms with Crippen molar-refractivity contribution >= 4 is 16.8 Å². The zero-order valence-electron chi connectivity index (χ0n) is 16.3. The number of hydrogen-bond acceptors (Lipinski definition) is 3. The third-order valence-electron chi connectivity index (χ3n) is 6.60. The van der Waals surface area contributed by atoms with Crippen LogP contribution in [0.15, 0.2) is 23.0 Å². The fourth-order valence-corrected chi connectivity index (χ4v) is 4.60. The lowest BCUT2D eigenvalue weighted by Gasteiger charge is -2.34. The molecule has 2 aliphatic rings. The highest BCUT2D eigenvalue weighted by Crippen LogP contribution is 2.29. The van der Waals surface area contributed by atoms with Gasteiger partial charge in [-0.15, -0.1) is 0 Å². The van der Waals surface area contributed by atoms with E-state index in [0.29, 0.717) is 28.3 Å². The summed E-state index contributed by atoms with van der Waals surface area (Å²) in [6, 6.07) is 5.54. The van der Waals surface area contributed by atoms with Crippen LogP contribution < -0.4 is 10.9 Å². The summed E-state index contributed by atoms with van der Waals surface area (Å²) in [7, 11) is 0. The van der Waals surface area contributed by atoms with E-state index in [4.69, 9.17) is 4.98 Å². The number of hydrogen-bond donors (Lipinski definition) is 1. The van der Waals surface area contributed by atoms with Crippen LogP contribution in [0.1, 0.15) is 68.6 Å². The molecule has 1 aliphatic heterocycles. The number of carbonyl (C=O) groups excluding carboxylic acids is 1. The molecule has 1 aliphatic carbocycles. The molecule has 1 fully saturated rings. The Morgan fingerprint density at radius 3 is 2.85 bits per heavy atom. The van der Waals surface area contributed by atoms with E-state index in [9.17, 15) is 9.59 Å². The van der Waals surface area contributed by atoms with Crippen molar-refractivity contribution in [2.45, 2.75) is 71.4 Å². The first-order valence-electron chi connectivity index (χ1n) is 10.4. The fraction of sp³-hybridized carbons (Fsp3) is 0.591. The topological polar surface area (TPSA) is 64.0 Å². The Balaban J connectivity index is 1.63. The Morgan fingerprint density at radius 2 is 2.00 bits per heavy atom. The summed E-state index contributed by atoms with van der Waals surface area (Å²) in [5.74, 6) is 1.93. The number of nitrogens with one attached hydrogen (secondary N) is 1. The lowest BCUT2D eigenvalue weighted by atomic mass is 9.78. The summed E-state index contributed by atoms with van der Waals surface area (Å²) >= 11 is 0. The average molecular weight is 367 g/mol. The summed E-state index contributed by atoms with van der Waals surface area (Å²) in [5.41, 5.74) is 1.27. The number of carbonyl (C=O) groups is 1. The second-order valence-electron chi connectivity index (χ2n) is 8.37. The molecule has 5 nitrogen and oxygen atoms in total. The second-order valence-corrected chi connectivity index (χ2v) is 8.37. The summed E-state index contributed by atoms with van der Waals surface area (Å²) in [6.45, 7) is 5.24. The second kappa shape index (κ2) is 7.45. The fourth-order valence-electron chi connectivity index (χ4n) is 4.60. The molecule has 1 N–H and O–H groups in total. The maximum Gasteiger partial charge on any atom is 0.261 e. The van der Waals surface area contributed by atoms with Crippen molar-refractivity contribution in [3.8, 4) is 0 Å². The highest BCUT2D eigenvalue weighted by Gasteiger charge is 2.28. The SMILES string of the molecule is C[C@@H]1[C@H](C)CCC[C@@H]1NC(=O)c1ccc2c(=O)n3c(nc2c1)CCCCC3. The molecule has 0 saturated heterocycles. The number of aryl methyl sites for hydroxylation is 1. The number of benzene rings is 1. The highest BCUT2D eigenvalue weighted by molar-refractivity contribution is 5.97. The van der Waals surface area contributed by atoms with Crippen molar-refractivity contribution in [1.82, 2.24) is 14.9 Å². The quantitative estimate of drug-likeness (QED) is 0.881. The van der Waals surface area contributed by atoms with Gasteiger partial charge in [0.1, 0.15) is 5.82 Å². The monoisotopic (exact) mass is 367 g/mol. The molecule has 2 aromatic rings. The largest absolute Gasteiger partial charge is 0.349 e. The summed E-state index contributed by atoms with van der Waals surface area (Å²) in [4.78, 5) is 30.4. The van der Waals surface area contributed by atoms with E-state index in [0.717, 1.165) is 44.5 Å². The molecule has 0 unspecified atom stereocenters. The molecule has 1 aromatic heterocycles. The van der Waals surface area contributed by atoms with E-state index in [1.165, 1.54) is 12.8 Å². The maximum absolute atomic E-state index is 12.8. The van der Waals surface area contributed by atoms with Crippen LogP contribution in [0.4, 0.5) is 0 Å². The van der Waals surface area contributed by atoms with E-state index >= 15 is 0 Å². The zero-order chi connectivity index (χ0) is 19.0. The van der Waals surface area contributed by atoms with Crippen molar-refractivity contribution in [1.29, 1.82) is 0 Å². The van der Waals surface area contributed by atoms with Gasteiger partial charge in [-0.2, -0.15) is 0 Å². The molecular formula is C22H29N3O2. The lowest BCUT2D eigenvalue weighted by molar-refractivity contribution is 0.0891. The van der Waals surface area contributed by atoms with Gasteiger partial charge in [0.05, 0.1) is 10.9 Å². The van der Waals surface area contributed by atoms with Gasteiger partial charge in [-0.3, -0.25) is 14.2 Å². The zero-order valence-corrected chi connectivity index (χ0v) is 16.3. The summed E-state index contributed by atoms with van der Waals surface area (Å²) in [5, 5.41) is 3.83. The Kier molecular flexibility index (Phi) is 5.02. The molecule has 0 spiro atoms. The van der Waals surface area contributed by atoms with Crippen LogP contribution in [0, 0.1) is 11.8 Å². The van der Waals surface area contributed by atoms with E-state index in [1.807, 2.05) is 4.57 Å². The summed E-state index contributed by atoms with van der Waals surface area (Å²) in [6.07, 6.45) is 7.50. The molecule has 4 rings (SSSR count). The molecule has 144 valence electrons. The lowest BCUT2D eigenvalue weighted by Crippen LogP contribution is -2.43. The third kappa shape index (κ3) is 3.52. The van der Waals surface area contributed by atoms with E-state index < -0.39 is 0 Å². The summed E-state index contributed by atoms with van der Waals surface area (Å²) < 4.78 is 1.82. The molecule has 5 heteroatoms. The van der Waals surface area contributed by atoms with Crippen molar-refractivity contribution < 1.29 is 4.79 Å². The van der Waals surface area contributed by atoms with Gasteiger partial charge in [-0.25, -0.2) is 4.98 Å². The highest BCUT2D eigenvalue weighted by atomic mass is 16.1. The number of aromatic nitrogens is 2. The molecule has 0 bridgehead atoms. The van der Waals surface area contributed by atoms with Gasteiger partial charge in [-0.05, 0) is 49.3 Å². The van der Waals surface area contributed by atoms with Crippen molar-refractivity contribution in [2.24, 2.45) is 11.8 Å². The van der Waals surface area contributed by atoms with Crippen LogP contribution in [0.2, 0.25) is 0 Å². The third-order valence-corrected chi connectivity index (χ3v) is 6.60. The van der Waals surface area contributed by atoms with Crippen LogP contribution >= 0.6 is 0 Å². The van der Waals surface area contributed by atoms with Crippen molar-refractivity contribution in [3.63, 3.8) is 0 Å². The Morgan fingerprint density at radius 1 is 1.15 bits per heavy atom. The molecule has 27 heavy (non-hydrogen) atoms. The minimum atomic E-state index is -0.0558. The normalized spacial score (nSPS) is 25.6. The Bertz CT molecular complexity index is 918. The van der Waals surface area contributed by atoms with E-state index in [2.05, 4.69) is 19.2 Å². The number of fused-ring (bicyclic) bond motifs is 2. The smallest absolute Gasteiger partial charge is 0.261 e. The molecule has 0 radical (unpaired) electrons. The van der Waals surface area contributed by atoms with Crippen LogP contribution in [0.3, 0.4) is 0 Å². The first kappa shape index (κ1) is 18.2. The first-order chi connectivity index (χ1) is 13.0. The predicted molar refractivity (Wildman–Crippen MR) is 107 cm³/mol. The average Bonchev–Trinajstić information content (AvgIpc) is 2.91. The first-order valence-corrected chi connectivity index (χ1v) is 10.4. The van der Waals surface area contributed by atoms with Gasteiger partial charge in [0, 0.05) is 24.6 Å². The van der Waals surface area contributed by atoms with Crippen molar-refractivity contribution in [2.75, 3.05) is 0 Å². The Hall–Kier alpha value is -2.17.